The fraction of sp³-hybridized carbons (Fsp3) is 0.167. The van der Waals surface area contributed by atoms with Crippen LogP contribution in [0.15, 0.2) is 76.3 Å². The van der Waals surface area contributed by atoms with Crippen LogP contribution in [0.4, 0.5) is 0 Å². The first-order valence-electron chi connectivity index (χ1n) is 9.73. The van der Waals surface area contributed by atoms with Crippen molar-refractivity contribution in [2.75, 3.05) is 14.2 Å². The molecule has 7 nitrogen and oxygen atoms in total. The monoisotopic (exact) mass is 418 g/mol. The maximum absolute atomic E-state index is 13.1. The lowest BCUT2D eigenvalue weighted by molar-refractivity contribution is 0.306. The van der Waals surface area contributed by atoms with Crippen molar-refractivity contribution in [3.05, 3.63) is 98.7 Å². The molecule has 0 bridgehead atoms. The number of methoxy groups -OCH3 is 2. The van der Waals surface area contributed by atoms with E-state index in [1.807, 2.05) is 30.3 Å². The Labute approximate surface area is 178 Å². The lowest BCUT2D eigenvalue weighted by Crippen LogP contribution is -2.35. The summed E-state index contributed by atoms with van der Waals surface area (Å²) < 4.78 is 17.5. The van der Waals surface area contributed by atoms with E-state index in [0.717, 1.165) is 15.7 Å². The summed E-state index contributed by atoms with van der Waals surface area (Å²) in [6.45, 7) is 0.481. The van der Waals surface area contributed by atoms with Gasteiger partial charge in [-0.2, -0.15) is 0 Å². The summed E-state index contributed by atoms with van der Waals surface area (Å²) in [5.41, 5.74) is 1.35. The van der Waals surface area contributed by atoms with Crippen LogP contribution in [0, 0.1) is 0 Å². The molecule has 0 amide bonds. The third-order valence-corrected chi connectivity index (χ3v) is 4.99. The molecule has 4 aromatic rings. The van der Waals surface area contributed by atoms with Gasteiger partial charge < -0.3 is 19.2 Å². The summed E-state index contributed by atoms with van der Waals surface area (Å²) in [5.74, 6) is 1.66. The highest BCUT2D eigenvalue weighted by atomic mass is 16.5. The fourth-order valence-corrected chi connectivity index (χ4v) is 3.37. The number of ether oxygens (including phenoxy) is 3. The second-order valence-electron chi connectivity index (χ2n) is 6.99. The molecule has 0 unspecified atom stereocenters. The highest BCUT2D eigenvalue weighted by molar-refractivity contribution is 5.78. The van der Waals surface area contributed by atoms with Crippen molar-refractivity contribution >= 4 is 10.9 Å². The maximum atomic E-state index is 13.1. The molecule has 0 aliphatic carbocycles. The number of hydrogen-bond donors (Lipinski definition) is 1. The van der Waals surface area contributed by atoms with E-state index in [2.05, 4.69) is 4.98 Å². The molecule has 1 N–H and O–H groups in total. The first kappa shape index (κ1) is 20.3. The number of hydrogen-bond acceptors (Lipinski definition) is 5. The van der Waals surface area contributed by atoms with Crippen LogP contribution in [0.5, 0.6) is 17.2 Å². The Kier molecular flexibility index (Phi) is 5.75. The van der Waals surface area contributed by atoms with Crippen LogP contribution in [0.1, 0.15) is 11.1 Å². The van der Waals surface area contributed by atoms with Gasteiger partial charge in [0, 0.05) is 0 Å². The molecule has 1 heterocycles. The van der Waals surface area contributed by atoms with Crippen molar-refractivity contribution in [3.8, 4) is 17.2 Å². The van der Waals surface area contributed by atoms with E-state index >= 15 is 0 Å². The van der Waals surface area contributed by atoms with Gasteiger partial charge in [-0.1, -0.05) is 36.4 Å². The van der Waals surface area contributed by atoms with Crippen molar-refractivity contribution < 1.29 is 14.2 Å². The fourth-order valence-electron chi connectivity index (χ4n) is 3.37. The van der Waals surface area contributed by atoms with Crippen LogP contribution in [0.3, 0.4) is 0 Å². The molecule has 0 fully saturated rings. The number of nitrogens with one attached hydrogen (secondary N) is 1. The summed E-state index contributed by atoms with van der Waals surface area (Å²) in [6.07, 6.45) is 0. The van der Waals surface area contributed by atoms with Crippen LogP contribution in [-0.2, 0) is 13.2 Å². The summed E-state index contributed by atoms with van der Waals surface area (Å²) in [7, 11) is 3.08. The van der Waals surface area contributed by atoms with E-state index in [0.29, 0.717) is 34.8 Å². The van der Waals surface area contributed by atoms with Gasteiger partial charge in [0.2, 0.25) is 0 Å². The van der Waals surface area contributed by atoms with Crippen molar-refractivity contribution in [1.82, 2.24) is 9.55 Å². The molecule has 31 heavy (non-hydrogen) atoms. The largest absolute Gasteiger partial charge is 0.493 e. The first-order chi connectivity index (χ1) is 15.1. The Balaban J connectivity index is 1.66. The smallest absolute Gasteiger partial charge is 0.329 e. The highest BCUT2D eigenvalue weighted by Crippen LogP contribution is 2.27. The topological polar surface area (TPSA) is 82.5 Å². The molecule has 0 saturated carbocycles. The molecule has 0 spiro atoms. The molecule has 3 aromatic carbocycles. The molecule has 0 radical (unpaired) electrons. The highest BCUT2D eigenvalue weighted by Gasteiger charge is 2.11. The Morgan fingerprint density at radius 2 is 1.61 bits per heavy atom. The Morgan fingerprint density at radius 1 is 0.839 bits per heavy atom. The van der Waals surface area contributed by atoms with Crippen LogP contribution in [-0.4, -0.2) is 23.8 Å². The first-order valence-corrected chi connectivity index (χ1v) is 9.73. The van der Waals surface area contributed by atoms with E-state index in [9.17, 15) is 9.59 Å². The molecule has 0 aliphatic heterocycles. The lowest BCUT2D eigenvalue weighted by Gasteiger charge is -2.11. The summed E-state index contributed by atoms with van der Waals surface area (Å²) in [6, 6.07) is 20.1. The zero-order valence-electron chi connectivity index (χ0n) is 17.3. The molecule has 1 aromatic heterocycles. The SMILES string of the molecule is COc1ccc(Cn2c(=O)[nH]c3ccc(OCc4ccccc4)cc3c2=O)cc1OC. The molecule has 7 heteroatoms. The third-order valence-electron chi connectivity index (χ3n) is 4.99. The van der Waals surface area contributed by atoms with E-state index in [-0.39, 0.29) is 6.54 Å². The van der Waals surface area contributed by atoms with Gasteiger partial charge in [-0.15, -0.1) is 0 Å². The third kappa shape index (κ3) is 4.30. The quantitative estimate of drug-likeness (QED) is 0.498. The zero-order valence-corrected chi connectivity index (χ0v) is 17.3. The van der Waals surface area contributed by atoms with Crippen molar-refractivity contribution in [2.24, 2.45) is 0 Å². The number of nitrogens with zero attached hydrogens (tertiary/aromatic N) is 1. The normalized spacial score (nSPS) is 10.8. The van der Waals surface area contributed by atoms with Crippen LogP contribution in [0.2, 0.25) is 0 Å². The van der Waals surface area contributed by atoms with Gasteiger partial charge in [0.25, 0.3) is 5.56 Å². The van der Waals surface area contributed by atoms with Crippen molar-refractivity contribution in [2.45, 2.75) is 13.2 Å². The zero-order chi connectivity index (χ0) is 21.8. The minimum atomic E-state index is -0.481. The van der Waals surface area contributed by atoms with Crippen LogP contribution in [0.25, 0.3) is 10.9 Å². The maximum Gasteiger partial charge on any atom is 0.329 e. The molecule has 0 atom stereocenters. The second-order valence-corrected chi connectivity index (χ2v) is 6.99. The summed E-state index contributed by atoms with van der Waals surface area (Å²) >= 11 is 0. The Bertz CT molecular complexity index is 1330. The number of aromatic nitrogens is 2. The predicted molar refractivity (Wildman–Crippen MR) is 118 cm³/mol. The standard InChI is InChI=1S/C24H22N2O5/c1-29-21-11-8-17(12-22(21)30-2)14-26-23(27)19-13-18(9-10-20(19)25-24(26)28)31-15-16-6-4-3-5-7-16/h3-13H,14-15H2,1-2H3,(H,25,28). The van der Waals surface area contributed by atoms with E-state index < -0.39 is 11.2 Å². The van der Waals surface area contributed by atoms with Gasteiger partial charge in [0.1, 0.15) is 12.4 Å². The van der Waals surface area contributed by atoms with Gasteiger partial charge in [-0.05, 0) is 41.5 Å². The number of H-pyrrole nitrogens is 1. The van der Waals surface area contributed by atoms with E-state index in [1.54, 1.807) is 43.5 Å². The van der Waals surface area contributed by atoms with Crippen LogP contribution >= 0.6 is 0 Å². The average molecular weight is 418 g/mol. The number of rotatable bonds is 7. The predicted octanol–water partition coefficient (Wildman–Crippen LogP) is 3.33. The van der Waals surface area contributed by atoms with Gasteiger partial charge in [-0.3, -0.25) is 9.36 Å². The molecular formula is C24H22N2O5. The minimum Gasteiger partial charge on any atom is -0.493 e. The van der Waals surface area contributed by atoms with Crippen molar-refractivity contribution in [1.29, 1.82) is 0 Å². The number of benzene rings is 3. The minimum absolute atomic E-state index is 0.0968. The Morgan fingerprint density at radius 3 is 2.35 bits per heavy atom. The molecule has 0 saturated heterocycles. The molecule has 158 valence electrons. The Hall–Kier alpha value is -4.00. The average Bonchev–Trinajstić information content (AvgIpc) is 2.81. The molecule has 4 rings (SSSR count). The number of fused-ring (bicyclic) bond motifs is 1. The molecule has 0 aliphatic rings. The van der Waals surface area contributed by atoms with Crippen LogP contribution < -0.4 is 25.5 Å². The summed E-state index contributed by atoms with van der Waals surface area (Å²) in [4.78, 5) is 28.4. The van der Waals surface area contributed by atoms with Gasteiger partial charge >= 0.3 is 5.69 Å². The van der Waals surface area contributed by atoms with E-state index in [1.165, 1.54) is 7.11 Å². The van der Waals surface area contributed by atoms with Gasteiger partial charge in [0.15, 0.2) is 11.5 Å². The number of aromatic amines is 1. The second kappa shape index (κ2) is 8.79. The van der Waals surface area contributed by atoms with Gasteiger partial charge in [-0.25, -0.2) is 4.79 Å². The van der Waals surface area contributed by atoms with Gasteiger partial charge in [0.05, 0.1) is 31.7 Å². The van der Waals surface area contributed by atoms with E-state index in [4.69, 9.17) is 14.2 Å². The lowest BCUT2D eigenvalue weighted by atomic mass is 10.2. The summed E-state index contributed by atoms with van der Waals surface area (Å²) in [5, 5.41) is 0.380. The van der Waals surface area contributed by atoms with Crippen molar-refractivity contribution in [3.63, 3.8) is 0 Å². The molecular weight excluding hydrogens is 396 g/mol.